The predicted octanol–water partition coefficient (Wildman–Crippen LogP) is 2.42. The lowest BCUT2D eigenvalue weighted by Crippen LogP contribution is -2.32. The topological polar surface area (TPSA) is 46.1 Å². The van der Waals surface area contributed by atoms with Crippen LogP contribution in [0.4, 0.5) is 0 Å². The molecule has 92 valence electrons. The fourth-order valence-electron chi connectivity index (χ4n) is 2.00. The van der Waals surface area contributed by atoms with Gasteiger partial charge in [0.1, 0.15) is 5.15 Å². The lowest BCUT2D eigenvalue weighted by Gasteiger charge is -2.24. The summed E-state index contributed by atoms with van der Waals surface area (Å²) in [5, 5.41) is 0.382. The van der Waals surface area contributed by atoms with Gasteiger partial charge in [0, 0.05) is 13.0 Å². The summed E-state index contributed by atoms with van der Waals surface area (Å²) in [6, 6.07) is 0. The van der Waals surface area contributed by atoms with Crippen molar-refractivity contribution in [2.24, 2.45) is 0 Å². The number of carbonyl (C=O) groups is 1. The Morgan fingerprint density at radius 2 is 2.00 bits per heavy atom. The lowest BCUT2D eigenvalue weighted by molar-refractivity contribution is -0.132. The van der Waals surface area contributed by atoms with Gasteiger partial charge in [-0.15, -0.1) is 0 Å². The molecular formula is C12H16ClN3O. The van der Waals surface area contributed by atoms with E-state index in [4.69, 9.17) is 11.6 Å². The molecule has 17 heavy (non-hydrogen) atoms. The van der Waals surface area contributed by atoms with Crippen molar-refractivity contribution < 1.29 is 4.79 Å². The van der Waals surface area contributed by atoms with Gasteiger partial charge >= 0.3 is 0 Å². The van der Waals surface area contributed by atoms with Gasteiger partial charge in [0.25, 0.3) is 0 Å². The van der Waals surface area contributed by atoms with E-state index >= 15 is 0 Å². The molecule has 0 N–H and O–H groups in total. The van der Waals surface area contributed by atoms with Crippen LogP contribution in [0.5, 0.6) is 0 Å². The molecule has 5 heteroatoms. The number of carbonyl (C=O) groups excluding carboxylic acids is 1. The molecule has 0 saturated carbocycles. The fourth-order valence-corrected chi connectivity index (χ4v) is 2.10. The Bertz CT molecular complexity index is 380. The molecule has 0 aliphatic carbocycles. The highest BCUT2D eigenvalue weighted by Crippen LogP contribution is 2.14. The lowest BCUT2D eigenvalue weighted by atomic mass is 10.1. The highest BCUT2D eigenvalue weighted by atomic mass is 35.5. The van der Waals surface area contributed by atoms with Gasteiger partial charge in [0.15, 0.2) is 0 Å². The number of aromatic nitrogens is 2. The molecule has 4 nitrogen and oxygen atoms in total. The van der Waals surface area contributed by atoms with Crippen LogP contribution >= 0.6 is 11.6 Å². The smallest absolute Gasteiger partial charge is 0.222 e. The van der Waals surface area contributed by atoms with Crippen LogP contribution in [0.25, 0.3) is 0 Å². The third-order valence-corrected chi connectivity index (χ3v) is 3.14. The summed E-state index contributed by atoms with van der Waals surface area (Å²) in [6.07, 6.45) is 8.26. The zero-order valence-corrected chi connectivity index (χ0v) is 10.5. The quantitative estimate of drug-likeness (QED) is 0.813. The van der Waals surface area contributed by atoms with E-state index < -0.39 is 0 Å². The second-order valence-corrected chi connectivity index (χ2v) is 4.70. The average Bonchev–Trinajstić information content (AvgIpc) is 2.31. The molecule has 1 aromatic rings. The van der Waals surface area contributed by atoms with Crippen LogP contribution in [0, 0.1) is 0 Å². The Morgan fingerprint density at radius 3 is 2.76 bits per heavy atom. The molecule has 1 aliphatic heterocycles. The van der Waals surface area contributed by atoms with Gasteiger partial charge in [0.2, 0.25) is 5.91 Å². The number of amides is 1. The van der Waals surface area contributed by atoms with Crippen LogP contribution < -0.4 is 0 Å². The van der Waals surface area contributed by atoms with Gasteiger partial charge in [-0.2, -0.15) is 0 Å². The van der Waals surface area contributed by atoms with E-state index in [2.05, 4.69) is 9.97 Å². The first kappa shape index (κ1) is 12.3. The zero-order valence-electron chi connectivity index (χ0n) is 9.73. The second-order valence-electron chi connectivity index (χ2n) is 4.31. The minimum absolute atomic E-state index is 0.224. The molecule has 1 aliphatic rings. The molecule has 2 heterocycles. The fraction of sp³-hybridized carbons (Fsp3) is 0.583. The van der Waals surface area contributed by atoms with Gasteiger partial charge in [-0.3, -0.25) is 9.78 Å². The van der Waals surface area contributed by atoms with Gasteiger partial charge in [-0.1, -0.05) is 24.4 Å². The van der Waals surface area contributed by atoms with Crippen molar-refractivity contribution in [3.05, 3.63) is 23.2 Å². The largest absolute Gasteiger partial charge is 0.337 e. The third kappa shape index (κ3) is 3.66. The Hall–Kier alpha value is -1.16. The first-order chi connectivity index (χ1) is 8.25. The van der Waals surface area contributed by atoms with E-state index in [1.807, 2.05) is 4.90 Å². The molecule has 0 radical (unpaired) electrons. The molecular weight excluding hydrogens is 238 g/mol. The number of rotatable bonds is 2. The Morgan fingerprint density at radius 1 is 1.18 bits per heavy atom. The van der Waals surface area contributed by atoms with Crippen LogP contribution in [0.15, 0.2) is 12.4 Å². The monoisotopic (exact) mass is 253 g/mol. The van der Waals surface area contributed by atoms with Crippen LogP contribution in [0.1, 0.15) is 37.8 Å². The van der Waals surface area contributed by atoms with Crippen molar-refractivity contribution in [3.63, 3.8) is 0 Å². The standard InChI is InChI=1S/C12H16ClN3O/c13-11-8-14-10(7-15-11)9-16-6-4-2-1-3-5-12(16)17/h7-8H,1-6,9H2. The Balaban J connectivity index is 1.99. The first-order valence-electron chi connectivity index (χ1n) is 6.00. The maximum absolute atomic E-state index is 11.9. The zero-order chi connectivity index (χ0) is 12.1. The van der Waals surface area contributed by atoms with Gasteiger partial charge < -0.3 is 4.90 Å². The Labute approximate surface area is 106 Å². The van der Waals surface area contributed by atoms with E-state index in [1.165, 1.54) is 19.0 Å². The number of halogens is 1. The summed E-state index contributed by atoms with van der Waals surface area (Å²) in [6.45, 7) is 1.37. The van der Waals surface area contributed by atoms with E-state index in [0.29, 0.717) is 18.1 Å². The number of nitrogens with zero attached hydrogens (tertiary/aromatic N) is 3. The minimum Gasteiger partial charge on any atom is -0.337 e. The van der Waals surface area contributed by atoms with E-state index in [9.17, 15) is 4.79 Å². The molecule has 0 spiro atoms. The number of hydrogen-bond acceptors (Lipinski definition) is 3. The van der Waals surface area contributed by atoms with Crippen LogP contribution in [-0.4, -0.2) is 27.3 Å². The predicted molar refractivity (Wildman–Crippen MR) is 65.5 cm³/mol. The average molecular weight is 254 g/mol. The summed E-state index contributed by atoms with van der Waals surface area (Å²) < 4.78 is 0. The summed E-state index contributed by atoms with van der Waals surface area (Å²) in [5.74, 6) is 0.224. The highest BCUT2D eigenvalue weighted by Gasteiger charge is 2.16. The molecule has 1 aromatic heterocycles. The maximum Gasteiger partial charge on any atom is 0.222 e. The third-order valence-electron chi connectivity index (χ3n) is 2.95. The van der Waals surface area contributed by atoms with Crippen molar-refractivity contribution >= 4 is 17.5 Å². The maximum atomic E-state index is 11.9. The van der Waals surface area contributed by atoms with E-state index in [0.717, 1.165) is 25.1 Å². The van der Waals surface area contributed by atoms with Gasteiger partial charge in [0.05, 0.1) is 24.6 Å². The SMILES string of the molecule is O=C1CCCCCCN1Cc1cnc(Cl)cn1. The first-order valence-corrected chi connectivity index (χ1v) is 6.38. The molecule has 0 unspecified atom stereocenters. The van der Waals surface area contributed by atoms with Gasteiger partial charge in [-0.05, 0) is 12.8 Å². The second kappa shape index (κ2) is 5.96. The van der Waals surface area contributed by atoms with Crippen molar-refractivity contribution in [1.82, 2.24) is 14.9 Å². The normalized spacial score (nSPS) is 17.7. The number of hydrogen-bond donors (Lipinski definition) is 0. The molecule has 0 aromatic carbocycles. The molecule has 1 amide bonds. The Kier molecular flexibility index (Phi) is 4.31. The van der Waals surface area contributed by atoms with Crippen LogP contribution in [0.3, 0.4) is 0 Å². The molecule has 2 rings (SSSR count). The van der Waals surface area contributed by atoms with Crippen molar-refractivity contribution in [1.29, 1.82) is 0 Å². The summed E-state index contributed by atoms with van der Waals surface area (Å²) in [4.78, 5) is 21.9. The van der Waals surface area contributed by atoms with Crippen molar-refractivity contribution in [3.8, 4) is 0 Å². The highest BCUT2D eigenvalue weighted by molar-refractivity contribution is 6.29. The van der Waals surface area contributed by atoms with Crippen LogP contribution in [0.2, 0.25) is 5.15 Å². The molecule has 0 atom stereocenters. The summed E-state index contributed by atoms with van der Waals surface area (Å²) in [5.41, 5.74) is 0.795. The molecule has 1 saturated heterocycles. The number of likely N-dealkylation sites (tertiary alicyclic amines) is 1. The van der Waals surface area contributed by atoms with Crippen LogP contribution in [-0.2, 0) is 11.3 Å². The molecule has 0 bridgehead atoms. The van der Waals surface area contributed by atoms with Crippen molar-refractivity contribution in [2.45, 2.75) is 38.6 Å². The van der Waals surface area contributed by atoms with Gasteiger partial charge in [-0.25, -0.2) is 4.98 Å². The summed E-state index contributed by atoms with van der Waals surface area (Å²) in [7, 11) is 0. The van der Waals surface area contributed by atoms with Crippen molar-refractivity contribution in [2.75, 3.05) is 6.54 Å². The molecule has 1 fully saturated rings. The minimum atomic E-state index is 0.224. The van der Waals surface area contributed by atoms with E-state index in [-0.39, 0.29) is 5.91 Å². The summed E-state index contributed by atoms with van der Waals surface area (Å²) >= 11 is 5.68. The van der Waals surface area contributed by atoms with E-state index in [1.54, 1.807) is 6.20 Å².